The minimum absolute atomic E-state index is 0.201. The summed E-state index contributed by atoms with van der Waals surface area (Å²) in [7, 11) is 0. The maximum atomic E-state index is 11.7. The lowest BCUT2D eigenvalue weighted by atomic mass is 10.1. The highest BCUT2D eigenvalue weighted by atomic mass is 35.5. The van der Waals surface area contributed by atoms with Crippen molar-refractivity contribution in [3.63, 3.8) is 0 Å². The summed E-state index contributed by atoms with van der Waals surface area (Å²) in [5.41, 5.74) is 2.74. The standard InChI is InChI=1S/C12H10ClNOS/c13-10-3-1-9(2-4-10)5-11(15)6-12-7-14-8-16-12/h1-4,7-8H,5-6H2. The van der Waals surface area contributed by atoms with E-state index in [9.17, 15) is 4.79 Å². The predicted molar refractivity (Wildman–Crippen MR) is 66.0 cm³/mol. The number of carbonyl (C=O) groups is 1. The highest BCUT2D eigenvalue weighted by molar-refractivity contribution is 7.09. The summed E-state index contributed by atoms with van der Waals surface area (Å²) < 4.78 is 0. The van der Waals surface area contributed by atoms with E-state index in [0.717, 1.165) is 10.4 Å². The maximum absolute atomic E-state index is 11.7. The zero-order chi connectivity index (χ0) is 11.4. The second-order valence-corrected chi connectivity index (χ2v) is 4.89. The zero-order valence-corrected chi connectivity index (χ0v) is 10.1. The average molecular weight is 252 g/mol. The van der Waals surface area contributed by atoms with Crippen LogP contribution in [0.3, 0.4) is 0 Å². The van der Waals surface area contributed by atoms with Gasteiger partial charge >= 0.3 is 0 Å². The van der Waals surface area contributed by atoms with Gasteiger partial charge in [0, 0.05) is 28.9 Å². The maximum Gasteiger partial charge on any atom is 0.142 e. The molecule has 0 N–H and O–H groups in total. The number of ketones is 1. The van der Waals surface area contributed by atoms with Gasteiger partial charge in [-0.1, -0.05) is 23.7 Å². The Bertz CT molecular complexity index is 464. The van der Waals surface area contributed by atoms with Gasteiger partial charge in [-0.2, -0.15) is 0 Å². The van der Waals surface area contributed by atoms with Crippen LogP contribution >= 0.6 is 22.9 Å². The van der Waals surface area contributed by atoms with Crippen molar-refractivity contribution in [3.8, 4) is 0 Å². The molecular formula is C12H10ClNOS. The number of halogens is 1. The first-order chi connectivity index (χ1) is 7.74. The van der Waals surface area contributed by atoms with Gasteiger partial charge < -0.3 is 0 Å². The molecule has 0 fully saturated rings. The minimum Gasteiger partial charge on any atom is -0.299 e. The highest BCUT2D eigenvalue weighted by Gasteiger charge is 2.06. The van der Waals surface area contributed by atoms with Crippen molar-refractivity contribution in [2.45, 2.75) is 12.8 Å². The lowest BCUT2D eigenvalue weighted by molar-refractivity contribution is -0.117. The predicted octanol–water partition coefficient (Wildman–Crippen LogP) is 3.15. The molecular weight excluding hydrogens is 242 g/mol. The first kappa shape index (κ1) is 11.3. The number of aromatic nitrogens is 1. The Morgan fingerprint density at radius 1 is 1.25 bits per heavy atom. The molecule has 0 aliphatic rings. The number of carbonyl (C=O) groups excluding carboxylic acids is 1. The molecule has 0 unspecified atom stereocenters. The van der Waals surface area contributed by atoms with Crippen molar-refractivity contribution in [1.82, 2.24) is 4.98 Å². The van der Waals surface area contributed by atoms with Crippen LogP contribution in [0.25, 0.3) is 0 Å². The fourth-order valence-corrected chi connectivity index (χ4v) is 2.17. The van der Waals surface area contributed by atoms with E-state index in [1.54, 1.807) is 23.8 Å². The fourth-order valence-electron chi connectivity index (χ4n) is 1.42. The first-order valence-electron chi connectivity index (χ1n) is 4.87. The summed E-state index contributed by atoms with van der Waals surface area (Å²) in [4.78, 5) is 16.7. The molecule has 1 heterocycles. The lowest BCUT2D eigenvalue weighted by Gasteiger charge is -1.99. The van der Waals surface area contributed by atoms with Crippen LogP contribution in [-0.2, 0) is 17.6 Å². The molecule has 0 aliphatic carbocycles. The number of Topliss-reactive ketones (excluding diaryl/α,β-unsaturated/α-hetero) is 1. The number of hydrogen-bond acceptors (Lipinski definition) is 3. The van der Waals surface area contributed by atoms with Crippen LogP contribution in [0.1, 0.15) is 10.4 Å². The molecule has 4 heteroatoms. The van der Waals surface area contributed by atoms with Gasteiger partial charge in [0.2, 0.25) is 0 Å². The molecule has 0 saturated carbocycles. The van der Waals surface area contributed by atoms with Gasteiger partial charge in [0.05, 0.1) is 5.51 Å². The summed E-state index contributed by atoms with van der Waals surface area (Å²) in [6.45, 7) is 0. The van der Waals surface area contributed by atoms with E-state index in [4.69, 9.17) is 11.6 Å². The van der Waals surface area contributed by atoms with Crippen LogP contribution in [-0.4, -0.2) is 10.8 Å². The van der Waals surface area contributed by atoms with E-state index in [0.29, 0.717) is 17.9 Å². The molecule has 0 spiro atoms. The molecule has 0 aliphatic heterocycles. The minimum atomic E-state index is 0.201. The average Bonchev–Trinajstić information content (AvgIpc) is 2.74. The van der Waals surface area contributed by atoms with Gasteiger partial charge in [-0.05, 0) is 17.7 Å². The van der Waals surface area contributed by atoms with E-state index >= 15 is 0 Å². The van der Waals surface area contributed by atoms with Gasteiger partial charge in [0.1, 0.15) is 5.78 Å². The van der Waals surface area contributed by atoms with Gasteiger partial charge in [-0.3, -0.25) is 9.78 Å². The summed E-state index contributed by atoms with van der Waals surface area (Å²) >= 11 is 7.28. The van der Waals surface area contributed by atoms with Crippen LogP contribution < -0.4 is 0 Å². The third kappa shape index (κ3) is 3.15. The van der Waals surface area contributed by atoms with Crippen LogP contribution in [0.5, 0.6) is 0 Å². The fraction of sp³-hybridized carbons (Fsp3) is 0.167. The molecule has 82 valence electrons. The second kappa shape index (κ2) is 5.23. The number of benzene rings is 1. The molecule has 16 heavy (non-hydrogen) atoms. The van der Waals surface area contributed by atoms with Crippen LogP contribution in [0, 0.1) is 0 Å². The van der Waals surface area contributed by atoms with E-state index in [1.165, 1.54) is 11.3 Å². The Morgan fingerprint density at radius 3 is 2.62 bits per heavy atom. The third-order valence-electron chi connectivity index (χ3n) is 2.17. The van der Waals surface area contributed by atoms with E-state index < -0.39 is 0 Å². The molecule has 0 atom stereocenters. The summed E-state index contributed by atoms with van der Waals surface area (Å²) in [5.74, 6) is 0.201. The molecule has 0 bridgehead atoms. The van der Waals surface area contributed by atoms with E-state index in [2.05, 4.69) is 4.98 Å². The quantitative estimate of drug-likeness (QED) is 0.836. The largest absolute Gasteiger partial charge is 0.299 e. The lowest BCUT2D eigenvalue weighted by Crippen LogP contribution is -2.05. The Labute approximate surface area is 103 Å². The van der Waals surface area contributed by atoms with E-state index in [-0.39, 0.29) is 5.78 Å². The number of rotatable bonds is 4. The van der Waals surface area contributed by atoms with E-state index in [1.807, 2.05) is 12.1 Å². The molecule has 2 aromatic rings. The second-order valence-electron chi connectivity index (χ2n) is 3.49. The van der Waals surface area contributed by atoms with Gasteiger partial charge in [0.15, 0.2) is 0 Å². The van der Waals surface area contributed by atoms with Crippen molar-refractivity contribution >= 4 is 28.7 Å². The molecule has 2 rings (SSSR count). The van der Waals surface area contributed by atoms with Crippen LogP contribution in [0.2, 0.25) is 5.02 Å². The number of nitrogens with zero attached hydrogens (tertiary/aromatic N) is 1. The van der Waals surface area contributed by atoms with Crippen molar-refractivity contribution in [2.24, 2.45) is 0 Å². The Morgan fingerprint density at radius 2 is 2.00 bits per heavy atom. The van der Waals surface area contributed by atoms with Crippen LogP contribution in [0.15, 0.2) is 36.0 Å². The van der Waals surface area contributed by atoms with Crippen molar-refractivity contribution in [2.75, 3.05) is 0 Å². The monoisotopic (exact) mass is 251 g/mol. The molecule has 0 saturated heterocycles. The zero-order valence-electron chi connectivity index (χ0n) is 8.52. The first-order valence-corrected chi connectivity index (χ1v) is 6.13. The molecule has 0 radical (unpaired) electrons. The summed E-state index contributed by atoms with van der Waals surface area (Å²) in [5, 5.41) is 0.693. The van der Waals surface area contributed by atoms with Gasteiger partial charge in [0.25, 0.3) is 0 Å². The third-order valence-corrected chi connectivity index (χ3v) is 3.20. The molecule has 1 aromatic heterocycles. The SMILES string of the molecule is O=C(Cc1ccc(Cl)cc1)Cc1cncs1. The summed E-state index contributed by atoms with van der Waals surface area (Å²) in [6.07, 6.45) is 2.66. The molecule has 2 nitrogen and oxygen atoms in total. The number of hydrogen-bond donors (Lipinski definition) is 0. The Balaban J connectivity index is 1.95. The van der Waals surface area contributed by atoms with Crippen LogP contribution in [0.4, 0.5) is 0 Å². The Hall–Kier alpha value is -1.19. The highest BCUT2D eigenvalue weighted by Crippen LogP contribution is 2.12. The number of thiazole rings is 1. The van der Waals surface area contributed by atoms with Gasteiger partial charge in [-0.25, -0.2) is 0 Å². The topological polar surface area (TPSA) is 30.0 Å². The van der Waals surface area contributed by atoms with Crippen molar-refractivity contribution in [1.29, 1.82) is 0 Å². The van der Waals surface area contributed by atoms with Crippen molar-refractivity contribution in [3.05, 3.63) is 51.4 Å². The van der Waals surface area contributed by atoms with Gasteiger partial charge in [-0.15, -0.1) is 11.3 Å². The smallest absolute Gasteiger partial charge is 0.142 e. The Kier molecular flexibility index (Phi) is 3.70. The van der Waals surface area contributed by atoms with Crippen molar-refractivity contribution < 1.29 is 4.79 Å². The normalized spacial score (nSPS) is 10.3. The molecule has 1 aromatic carbocycles. The molecule has 0 amide bonds. The summed E-state index contributed by atoms with van der Waals surface area (Å²) in [6, 6.07) is 7.37.